The molecule has 0 unspecified atom stereocenters. The zero-order valence-electron chi connectivity index (χ0n) is 1.95. The minimum absolute atomic E-state index is 0. The fourth-order valence-corrected chi connectivity index (χ4v) is 0. The largest absolute Gasteiger partial charge is 0 e. The van der Waals surface area contributed by atoms with Gasteiger partial charge in [-0.3, -0.25) is 0 Å². The van der Waals surface area contributed by atoms with Crippen molar-refractivity contribution in [2.75, 3.05) is 0 Å². The summed E-state index contributed by atoms with van der Waals surface area (Å²) in [6.07, 6.45) is 0. The summed E-state index contributed by atoms with van der Waals surface area (Å²) in [6, 6.07) is 0. The Labute approximate surface area is 96.6 Å². The Morgan fingerprint density at radius 1 is 0.750 bits per heavy atom. The van der Waals surface area contributed by atoms with Gasteiger partial charge in [0.05, 0.1) is 0 Å². The number of rotatable bonds is 0. The molecule has 0 N–H and O–H groups in total. The second kappa shape index (κ2) is 16.2. The Kier molecular flexibility index (Phi) is 108. The van der Waals surface area contributed by atoms with Crippen LogP contribution in [0.15, 0.2) is 0 Å². The third-order valence-corrected chi connectivity index (χ3v) is 0. The fourth-order valence-electron chi connectivity index (χ4n) is 0. The van der Waals surface area contributed by atoms with E-state index in [1.165, 1.54) is 0 Å². The topological polar surface area (TPSA) is 0 Å². The summed E-state index contributed by atoms with van der Waals surface area (Å²) in [5.41, 5.74) is 0. The summed E-state index contributed by atoms with van der Waals surface area (Å²) in [4.78, 5) is 0. The molecule has 0 aromatic heterocycles. The molecule has 0 aromatic rings. The van der Waals surface area contributed by atoms with Gasteiger partial charge in [0, 0.05) is 98.7 Å². The monoisotopic (exact) mass is 393 g/mol. The Balaban J connectivity index is 0. The average molecular weight is 394 g/mol. The molecule has 0 rings (SSSR count). The molecule has 0 spiro atoms. The molecule has 0 saturated carbocycles. The molecule has 0 bridgehead atoms. The molecule has 0 aliphatic carbocycles. The van der Waals surface area contributed by atoms with Gasteiger partial charge in [-0.15, -0.1) is 0 Å². The minimum atomic E-state index is 0. The van der Waals surface area contributed by atoms with Crippen molar-refractivity contribution in [2.24, 2.45) is 0 Å². The van der Waals surface area contributed by atoms with Crippen LogP contribution >= 0.6 is 0 Å². The van der Waals surface area contributed by atoms with Crippen molar-refractivity contribution in [1.82, 2.24) is 0 Å². The van der Waals surface area contributed by atoms with Crippen LogP contribution in [0.1, 0.15) is 0 Å². The van der Waals surface area contributed by atoms with E-state index in [2.05, 4.69) is 0 Å². The molecular weight excluding hydrogens is 394 g/mol. The van der Waals surface area contributed by atoms with E-state index >= 15 is 0 Å². The minimum Gasteiger partial charge on any atom is 0 e. The second-order valence-corrected chi connectivity index (χ2v) is 0. The van der Waals surface area contributed by atoms with Crippen molar-refractivity contribution in [3.8, 4) is 0 Å². The van der Waals surface area contributed by atoms with Crippen molar-refractivity contribution < 1.29 is 74.8 Å². The molecule has 17 valence electrons. The zero-order valence-corrected chi connectivity index (χ0v) is 11.9. The summed E-state index contributed by atoms with van der Waals surface area (Å²) in [5.74, 6) is 0. The summed E-state index contributed by atoms with van der Waals surface area (Å²) < 4.78 is 0. The number of hydrogen-bond donors (Lipinski definition) is 0. The van der Waals surface area contributed by atoms with Gasteiger partial charge in [-0.05, 0) is 0 Å². The maximum atomic E-state index is 0. The Hall–Kier alpha value is 3.31. The van der Waals surface area contributed by atoms with Gasteiger partial charge >= 0.3 is 0 Å². The van der Waals surface area contributed by atoms with Gasteiger partial charge in [0.25, 0.3) is 0 Å². The zero-order chi connectivity index (χ0) is 0. The van der Waals surface area contributed by atoms with Crippen molar-refractivity contribution >= 4 is 23.9 Å². The molecule has 0 aromatic carbocycles. The van der Waals surface area contributed by atoms with E-state index in [-0.39, 0.29) is 98.7 Å². The summed E-state index contributed by atoms with van der Waals surface area (Å²) in [5, 5.41) is 0. The Bertz CT molecular complexity index is 6.00. The smallest absolute Gasteiger partial charge is 0 e. The summed E-state index contributed by atoms with van der Waals surface area (Å²) >= 11 is 0. The van der Waals surface area contributed by atoms with Crippen LogP contribution < -0.4 is 0 Å². The molecular formula is NbSnZr2. The predicted molar refractivity (Wildman–Crippen MR) is 5.75 cm³/mol. The maximum Gasteiger partial charge on any atom is 0 e. The Morgan fingerprint density at radius 2 is 0.750 bits per heavy atom. The first-order chi connectivity index (χ1) is 0. The van der Waals surface area contributed by atoms with Crippen molar-refractivity contribution in [3.63, 3.8) is 0 Å². The maximum absolute atomic E-state index is 0. The Morgan fingerprint density at radius 3 is 0.750 bits per heavy atom. The first-order valence-corrected chi connectivity index (χ1v) is 0. The van der Waals surface area contributed by atoms with E-state index in [1.807, 2.05) is 0 Å². The predicted octanol–water partition coefficient (Wildman–Crippen LogP) is -0.388. The molecule has 0 saturated heterocycles. The molecule has 0 atom stereocenters. The number of hydrogen-bond acceptors (Lipinski definition) is 0. The van der Waals surface area contributed by atoms with Gasteiger partial charge in [-0.1, -0.05) is 0 Å². The molecule has 5 radical (unpaired) electrons. The molecule has 0 aliphatic heterocycles. The quantitative estimate of drug-likeness (QED) is 0.492. The molecule has 0 nitrogen and oxygen atoms in total. The van der Waals surface area contributed by atoms with Crippen LogP contribution in [0.2, 0.25) is 0 Å². The molecule has 0 heterocycles. The van der Waals surface area contributed by atoms with Gasteiger partial charge in [-0.25, -0.2) is 0 Å². The third kappa shape index (κ3) is 9.00. The first-order valence-electron chi connectivity index (χ1n) is 0. The molecule has 0 amide bonds. The molecule has 4 heteroatoms. The summed E-state index contributed by atoms with van der Waals surface area (Å²) in [7, 11) is 0. The van der Waals surface area contributed by atoms with Crippen molar-refractivity contribution in [1.29, 1.82) is 0 Å². The van der Waals surface area contributed by atoms with Crippen LogP contribution in [-0.4, -0.2) is 23.9 Å². The molecule has 4 heavy (non-hydrogen) atoms. The van der Waals surface area contributed by atoms with Crippen LogP contribution in [0.25, 0.3) is 0 Å². The van der Waals surface area contributed by atoms with Crippen LogP contribution in [0.4, 0.5) is 0 Å². The van der Waals surface area contributed by atoms with Gasteiger partial charge < -0.3 is 0 Å². The molecule has 0 fully saturated rings. The van der Waals surface area contributed by atoms with Gasteiger partial charge in [0.2, 0.25) is 0 Å². The van der Waals surface area contributed by atoms with Crippen LogP contribution in [0.3, 0.4) is 0 Å². The van der Waals surface area contributed by atoms with E-state index in [0.717, 1.165) is 0 Å². The van der Waals surface area contributed by atoms with E-state index < -0.39 is 0 Å². The van der Waals surface area contributed by atoms with Crippen molar-refractivity contribution in [3.05, 3.63) is 0 Å². The van der Waals surface area contributed by atoms with Gasteiger partial charge in [0.1, 0.15) is 0 Å². The van der Waals surface area contributed by atoms with Crippen molar-refractivity contribution in [2.45, 2.75) is 0 Å². The van der Waals surface area contributed by atoms with E-state index in [4.69, 9.17) is 0 Å². The second-order valence-electron chi connectivity index (χ2n) is 0. The standard InChI is InChI=1S/Nb.Sn.2Zr. The fraction of sp³-hybridized carbons (Fsp3) is 0. The average Bonchev–Trinajstić information content (AvgIpc) is 0. The van der Waals surface area contributed by atoms with Crippen LogP contribution in [0.5, 0.6) is 0 Å². The van der Waals surface area contributed by atoms with Gasteiger partial charge in [-0.2, -0.15) is 0 Å². The van der Waals surface area contributed by atoms with E-state index in [1.54, 1.807) is 0 Å². The normalized spacial score (nSPS) is 0. The SMILES string of the molecule is [Nb].[Sn].[Zr].[Zr]. The van der Waals surface area contributed by atoms with E-state index in [9.17, 15) is 0 Å². The van der Waals surface area contributed by atoms with Crippen LogP contribution in [0, 0.1) is 0 Å². The van der Waals surface area contributed by atoms with Crippen LogP contribution in [-0.2, 0) is 74.8 Å². The van der Waals surface area contributed by atoms with E-state index in [0.29, 0.717) is 0 Å². The molecule has 0 aliphatic rings. The third-order valence-electron chi connectivity index (χ3n) is 0. The van der Waals surface area contributed by atoms with Gasteiger partial charge in [0.15, 0.2) is 0 Å². The summed E-state index contributed by atoms with van der Waals surface area (Å²) in [6.45, 7) is 0. The first kappa shape index (κ1) is 26.6.